The Kier molecular flexibility index (Phi) is 4.45. The zero-order valence-electron chi connectivity index (χ0n) is 9.38. The van der Waals surface area contributed by atoms with Gasteiger partial charge in [-0.05, 0) is 24.3 Å². The highest BCUT2D eigenvalue weighted by Crippen LogP contribution is 2.16. The van der Waals surface area contributed by atoms with Gasteiger partial charge in [-0.25, -0.2) is 0 Å². The van der Waals surface area contributed by atoms with Gasteiger partial charge in [0.1, 0.15) is 0 Å². The number of allylic oxidation sites excluding steroid dienone is 2. The van der Waals surface area contributed by atoms with E-state index in [0.29, 0.717) is 0 Å². The van der Waals surface area contributed by atoms with E-state index in [1.807, 2.05) is 0 Å². The topological polar surface area (TPSA) is 0 Å². The van der Waals surface area contributed by atoms with Gasteiger partial charge in [0.05, 0.1) is 0 Å². The first-order valence-corrected chi connectivity index (χ1v) is 5.27. The number of rotatable bonds is 4. The fourth-order valence-electron chi connectivity index (χ4n) is 1.56. The van der Waals surface area contributed by atoms with Crippen LogP contribution in [0.5, 0.6) is 0 Å². The molecule has 1 aromatic rings. The second-order valence-corrected chi connectivity index (χ2v) is 3.77. The van der Waals surface area contributed by atoms with Crippen molar-refractivity contribution in [2.75, 3.05) is 0 Å². The fourth-order valence-corrected chi connectivity index (χ4v) is 1.56. The summed E-state index contributed by atoms with van der Waals surface area (Å²) in [4.78, 5) is 0. The molecule has 14 heavy (non-hydrogen) atoms. The van der Waals surface area contributed by atoms with Crippen LogP contribution in [-0.4, -0.2) is 0 Å². The molecule has 1 radical (unpaired) electrons. The molecule has 1 aromatic carbocycles. The highest BCUT2D eigenvalue weighted by atomic mass is 14.0. The lowest BCUT2D eigenvalue weighted by molar-refractivity contribution is 0.980. The summed E-state index contributed by atoms with van der Waals surface area (Å²) in [5.74, 6) is 1.43. The predicted molar refractivity (Wildman–Crippen MR) is 63.1 cm³/mol. The van der Waals surface area contributed by atoms with Crippen LogP contribution in [0, 0.1) is 5.92 Å². The minimum atomic E-state index is 1.05. The van der Waals surface area contributed by atoms with E-state index in [-0.39, 0.29) is 0 Å². The molecule has 0 aromatic heterocycles. The standard InChI is InChI=1S/C14H19/c1-4-14(12(2)3)11-10-13-8-6-5-7-9-13/h5-9,11H,4,10H2,1-3H3. The summed E-state index contributed by atoms with van der Waals surface area (Å²) < 4.78 is 0. The third-order valence-corrected chi connectivity index (χ3v) is 2.45. The molecule has 0 nitrogen and oxygen atoms in total. The Morgan fingerprint density at radius 3 is 2.29 bits per heavy atom. The zero-order valence-corrected chi connectivity index (χ0v) is 9.38. The van der Waals surface area contributed by atoms with E-state index in [1.165, 1.54) is 17.1 Å². The first kappa shape index (κ1) is 11.0. The van der Waals surface area contributed by atoms with Crippen LogP contribution in [0.25, 0.3) is 0 Å². The fraction of sp³-hybridized carbons (Fsp3) is 0.357. The summed E-state index contributed by atoms with van der Waals surface area (Å²) in [6.07, 6.45) is 4.52. The SMILES string of the molecule is CCC(=CCc1ccccc1)[C](C)C. The van der Waals surface area contributed by atoms with Crippen molar-refractivity contribution in [2.45, 2.75) is 33.6 Å². The maximum absolute atomic E-state index is 2.34. The molecule has 0 heterocycles. The Hall–Kier alpha value is -1.04. The first-order valence-electron chi connectivity index (χ1n) is 5.27. The van der Waals surface area contributed by atoms with Gasteiger partial charge >= 0.3 is 0 Å². The van der Waals surface area contributed by atoms with Crippen molar-refractivity contribution in [3.8, 4) is 0 Å². The quantitative estimate of drug-likeness (QED) is 0.663. The van der Waals surface area contributed by atoms with Gasteiger partial charge in [-0.3, -0.25) is 0 Å². The molecule has 0 atom stereocenters. The van der Waals surface area contributed by atoms with E-state index in [9.17, 15) is 0 Å². The number of hydrogen-bond acceptors (Lipinski definition) is 0. The van der Waals surface area contributed by atoms with Crippen molar-refractivity contribution in [3.05, 3.63) is 53.5 Å². The molecule has 0 aliphatic carbocycles. The maximum atomic E-state index is 2.34. The van der Waals surface area contributed by atoms with E-state index in [0.717, 1.165) is 12.8 Å². The van der Waals surface area contributed by atoms with Crippen molar-refractivity contribution >= 4 is 0 Å². The van der Waals surface area contributed by atoms with Crippen molar-refractivity contribution in [1.82, 2.24) is 0 Å². The molecular formula is C14H19. The first-order chi connectivity index (χ1) is 6.74. The van der Waals surface area contributed by atoms with Crippen LogP contribution in [0.1, 0.15) is 32.8 Å². The Morgan fingerprint density at radius 2 is 1.79 bits per heavy atom. The highest BCUT2D eigenvalue weighted by Gasteiger charge is 1.99. The van der Waals surface area contributed by atoms with Gasteiger partial charge in [0.2, 0.25) is 0 Å². The minimum Gasteiger partial charge on any atom is -0.0804 e. The van der Waals surface area contributed by atoms with Crippen molar-refractivity contribution in [1.29, 1.82) is 0 Å². The van der Waals surface area contributed by atoms with Crippen LogP contribution < -0.4 is 0 Å². The van der Waals surface area contributed by atoms with Crippen LogP contribution in [0.15, 0.2) is 42.0 Å². The summed E-state index contributed by atoms with van der Waals surface area (Å²) in [5, 5.41) is 0. The number of benzene rings is 1. The summed E-state index contributed by atoms with van der Waals surface area (Å²) in [6, 6.07) is 10.6. The summed E-state index contributed by atoms with van der Waals surface area (Å²) in [7, 11) is 0. The highest BCUT2D eigenvalue weighted by molar-refractivity contribution is 5.24. The van der Waals surface area contributed by atoms with Crippen LogP contribution in [0.3, 0.4) is 0 Å². The molecule has 0 unspecified atom stereocenters. The van der Waals surface area contributed by atoms with Gasteiger partial charge in [0, 0.05) is 0 Å². The van der Waals surface area contributed by atoms with Gasteiger partial charge in [0.25, 0.3) is 0 Å². The molecule has 75 valence electrons. The van der Waals surface area contributed by atoms with Crippen molar-refractivity contribution in [3.63, 3.8) is 0 Å². The minimum absolute atomic E-state index is 1.05. The van der Waals surface area contributed by atoms with Gasteiger partial charge in [-0.2, -0.15) is 0 Å². The van der Waals surface area contributed by atoms with Crippen molar-refractivity contribution < 1.29 is 0 Å². The van der Waals surface area contributed by atoms with Crippen LogP contribution in [-0.2, 0) is 6.42 Å². The molecule has 0 aliphatic heterocycles. The third kappa shape index (κ3) is 3.37. The second kappa shape index (κ2) is 5.64. The molecule has 0 bridgehead atoms. The molecule has 1 rings (SSSR count). The van der Waals surface area contributed by atoms with Gasteiger partial charge < -0.3 is 0 Å². The lowest BCUT2D eigenvalue weighted by Crippen LogP contribution is -1.91. The van der Waals surface area contributed by atoms with Crippen molar-refractivity contribution in [2.24, 2.45) is 0 Å². The Bertz CT molecular complexity index is 280. The van der Waals surface area contributed by atoms with Crippen LogP contribution >= 0.6 is 0 Å². The van der Waals surface area contributed by atoms with Crippen LogP contribution in [0.4, 0.5) is 0 Å². The van der Waals surface area contributed by atoms with E-state index >= 15 is 0 Å². The van der Waals surface area contributed by atoms with E-state index in [4.69, 9.17) is 0 Å². The van der Waals surface area contributed by atoms with E-state index < -0.39 is 0 Å². The summed E-state index contributed by atoms with van der Waals surface area (Å²) in [6.45, 7) is 6.57. The molecule has 0 spiro atoms. The zero-order chi connectivity index (χ0) is 10.4. The van der Waals surface area contributed by atoms with Gasteiger partial charge in [0.15, 0.2) is 0 Å². The van der Waals surface area contributed by atoms with Gasteiger partial charge in [-0.15, -0.1) is 0 Å². The van der Waals surface area contributed by atoms with Crippen LogP contribution in [0.2, 0.25) is 0 Å². The predicted octanol–water partition coefficient (Wildman–Crippen LogP) is 4.18. The molecule has 0 saturated heterocycles. The summed E-state index contributed by atoms with van der Waals surface area (Å²) >= 11 is 0. The smallest absolute Gasteiger partial charge is 0.00564 e. The second-order valence-electron chi connectivity index (χ2n) is 3.77. The Labute approximate surface area is 87.7 Å². The van der Waals surface area contributed by atoms with E-state index in [2.05, 4.69) is 57.2 Å². The molecular weight excluding hydrogens is 168 g/mol. The molecule has 0 aliphatic rings. The Morgan fingerprint density at radius 1 is 1.14 bits per heavy atom. The normalized spacial score (nSPS) is 12.1. The molecule has 0 heteroatoms. The molecule has 0 amide bonds. The molecule has 0 N–H and O–H groups in total. The molecule has 0 saturated carbocycles. The number of hydrogen-bond donors (Lipinski definition) is 0. The third-order valence-electron chi connectivity index (χ3n) is 2.45. The Balaban J connectivity index is 2.62. The van der Waals surface area contributed by atoms with Gasteiger partial charge in [-0.1, -0.05) is 62.8 Å². The van der Waals surface area contributed by atoms with E-state index in [1.54, 1.807) is 0 Å². The average molecular weight is 187 g/mol. The summed E-state index contributed by atoms with van der Waals surface area (Å²) in [5.41, 5.74) is 2.87. The lowest BCUT2D eigenvalue weighted by atomic mass is 9.98. The largest absolute Gasteiger partial charge is 0.0804 e. The molecule has 0 fully saturated rings. The monoisotopic (exact) mass is 187 g/mol. The average Bonchev–Trinajstić information content (AvgIpc) is 2.20. The maximum Gasteiger partial charge on any atom is -0.00564 e. The lowest BCUT2D eigenvalue weighted by Gasteiger charge is -2.07.